The number of benzene rings is 1. The van der Waals surface area contributed by atoms with Crippen LogP contribution in [0.2, 0.25) is 0 Å². The van der Waals surface area contributed by atoms with Gasteiger partial charge in [-0.1, -0.05) is 18.2 Å². The molecule has 1 aromatic carbocycles. The van der Waals surface area contributed by atoms with Crippen LogP contribution in [0, 0.1) is 13.8 Å². The van der Waals surface area contributed by atoms with E-state index in [0.717, 1.165) is 16.7 Å². The highest BCUT2D eigenvalue weighted by Crippen LogP contribution is 2.23. The molecule has 0 spiro atoms. The molecule has 0 radical (unpaired) electrons. The van der Waals surface area contributed by atoms with Gasteiger partial charge in [0.15, 0.2) is 0 Å². The highest BCUT2D eigenvalue weighted by molar-refractivity contribution is 5.33. The van der Waals surface area contributed by atoms with Gasteiger partial charge in [0.2, 0.25) is 0 Å². The number of alkyl halides is 3. The Hall–Kier alpha value is -0.990. The van der Waals surface area contributed by atoms with Crippen LogP contribution in [-0.2, 0) is 6.42 Å². The lowest BCUT2D eigenvalue weighted by Crippen LogP contribution is -2.09. The Morgan fingerprint density at radius 2 is 1.79 bits per heavy atom. The van der Waals surface area contributed by atoms with Crippen molar-refractivity contribution in [2.75, 3.05) is 0 Å². The molecule has 0 aromatic heterocycles. The summed E-state index contributed by atoms with van der Waals surface area (Å²) in [5.74, 6) is 0. The van der Waals surface area contributed by atoms with Gasteiger partial charge >= 0.3 is 6.18 Å². The van der Waals surface area contributed by atoms with Crippen LogP contribution in [0.3, 0.4) is 0 Å². The molecule has 1 rings (SSSR count). The van der Waals surface area contributed by atoms with E-state index in [0.29, 0.717) is 0 Å². The van der Waals surface area contributed by atoms with Crippen LogP contribution in [0.4, 0.5) is 13.2 Å². The van der Waals surface area contributed by atoms with Crippen LogP contribution >= 0.6 is 0 Å². The van der Waals surface area contributed by atoms with E-state index >= 15 is 0 Å². The lowest BCUT2D eigenvalue weighted by molar-refractivity contribution is -0.134. The number of halogens is 3. The predicted octanol–water partition coefficient (Wildman–Crippen LogP) is 3.80. The fraction of sp³-hybridized carbons (Fsp3) is 0.455. The third kappa shape index (κ3) is 3.05. The van der Waals surface area contributed by atoms with E-state index in [-0.39, 0.29) is 6.42 Å². The van der Waals surface area contributed by atoms with E-state index in [2.05, 4.69) is 0 Å². The summed E-state index contributed by atoms with van der Waals surface area (Å²) >= 11 is 0. The van der Waals surface area contributed by atoms with Gasteiger partial charge in [0.05, 0.1) is 0 Å². The van der Waals surface area contributed by atoms with Crippen molar-refractivity contribution >= 4 is 0 Å². The molecule has 0 N–H and O–H groups in total. The molecule has 0 aliphatic carbocycles. The Kier molecular flexibility index (Phi) is 3.19. The van der Waals surface area contributed by atoms with Crippen molar-refractivity contribution in [1.82, 2.24) is 0 Å². The molecule has 0 amide bonds. The summed E-state index contributed by atoms with van der Waals surface area (Å²) in [6.07, 6.45) is -4.72. The summed E-state index contributed by atoms with van der Waals surface area (Å²) in [7, 11) is 0. The van der Waals surface area contributed by atoms with Gasteiger partial charge in [-0.25, -0.2) is 0 Å². The van der Waals surface area contributed by atoms with Gasteiger partial charge in [-0.3, -0.25) is 0 Å². The molecule has 0 saturated carbocycles. The average molecular weight is 202 g/mol. The Labute approximate surface area is 81.8 Å². The summed E-state index contributed by atoms with van der Waals surface area (Å²) < 4.78 is 35.9. The van der Waals surface area contributed by atoms with Crippen molar-refractivity contribution < 1.29 is 13.2 Å². The SMILES string of the molecule is Cc1cccc(CCC(F)(F)F)c1C. The summed E-state index contributed by atoms with van der Waals surface area (Å²) in [6.45, 7) is 3.77. The second-order valence-electron chi connectivity index (χ2n) is 3.47. The minimum Gasteiger partial charge on any atom is -0.171 e. The maximum Gasteiger partial charge on any atom is 0.389 e. The predicted molar refractivity (Wildman–Crippen MR) is 50.3 cm³/mol. The Bertz CT molecular complexity index is 313. The zero-order valence-corrected chi connectivity index (χ0v) is 8.28. The molecule has 0 aliphatic rings. The number of aryl methyl sites for hydroxylation is 2. The quantitative estimate of drug-likeness (QED) is 0.684. The van der Waals surface area contributed by atoms with Crippen LogP contribution in [0.25, 0.3) is 0 Å². The molecule has 0 nitrogen and oxygen atoms in total. The third-order valence-electron chi connectivity index (χ3n) is 2.39. The lowest BCUT2D eigenvalue weighted by atomic mass is 10.00. The minimum absolute atomic E-state index is 0.0804. The number of hydrogen-bond acceptors (Lipinski definition) is 0. The molecule has 0 heterocycles. The molecule has 0 unspecified atom stereocenters. The maximum absolute atomic E-state index is 12.0. The molecule has 3 heteroatoms. The van der Waals surface area contributed by atoms with E-state index in [1.54, 1.807) is 12.1 Å². The van der Waals surface area contributed by atoms with Crippen molar-refractivity contribution in [1.29, 1.82) is 0 Å². The van der Waals surface area contributed by atoms with E-state index in [9.17, 15) is 13.2 Å². The van der Waals surface area contributed by atoms with Gasteiger partial charge in [0.25, 0.3) is 0 Å². The molecule has 0 fully saturated rings. The van der Waals surface area contributed by atoms with Gasteiger partial charge in [-0.15, -0.1) is 0 Å². The Morgan fingerprint density at radius 3 is 2.36 bits per heavy atom. The van der Waals surface area contributed by atoms with Gasteiger partial charge in [0, 0.05) is 6.42 Å². The monoisotopic (exact) mass is 202 g/mol. The van der Waals surface area contributed by atoms with Gasteiger partial charge in [0.1, 0.15) is 0 Å². The Balaban J connectivity index is 2.73. The van der Waals surface area contributed by atoms with Gasteiger partial charge < -0.3 is 0 Å². The van der Waals surface area contributed by atoms with E-state index in [4.69, 9.17) is 0 Å². The zero-order chi connectivity index (χ0) is 10.8. The first-order valence-corrected chi connectivity index (χ1v) is 4.52. The van der Waals surface area contributed by atoms with Crippen LogP contribution < -0.4 is 0 Å². The van der Waals surface area contributed by atoms with Crippen molar-refractivity contribution in [3.63, 3.8) is 0 Å². The van der Waals surface area contributed by atoms with E-state index in [1.165, 1.54) is 0 Å². The molecule has 1 aromatic rings. The second-order valence-corrected chi connectivity index (χ2v) is 3.47. The first kappa shape index (κ1) is 11.1. The molecule has 0 saturated heterocycles. The Morgan fingerprint density at radius 1 is 1.14 bits per heavy atom. The fourth-order valence-corrected chi connectivity index (χ4v) is 1.36. The molecule has 0 atom stereocenters. The summed E-state index contributed by atoms with van der Waals surface area (Å²) in [5.41, 5.74) is 2.81. The van der Waals surface area contributed by atoms with Crippen molar-refractivity contribution in [2.45, 2.75) is 32.9 Å². The molecule has 0 aliphatic heterocycles. The van der Waals surface area contributed by atoms with Crippen molar-refractivity contribution in [2.24, 2.45) is 0 Å². The number of rotatable bonds is 2. The minimum atomic E-state index is -4.06. The molecular weight excluding hydrogens is 189 g/mol. The molecular formula is C11H13F3. The van der Waals surface area contributed by atoms with Gasteiger partial charge in [-0.05, 0) is 37.0 Å². The highest BCUT2D eigenvalue weighted by Gasteiger charge is 2.26. The summed E-state index contributed by atoms with van der Waals surface area (Å²) in [6, 6.07) is 5.47. The molecule has 14 heavy (non-hydrogen) atoms. The topological polar surface area (TPSA) is 0 Å². The van der Waals surface area contributed by atoms with Gasteiger partial charge in [-0.2, -0.15) is 13.2 Å². The zero-order valence-electron chi connectivity index (χ0n) is 8.28. The fourth-order valence-electron chi connectivity index (χ4n) is 1.36. The van der Waals surface area contributed by atoms with Crippen LogP contribution in [0.15, 0.2) is 18.2 Å². The molecule has 0 bridgehead atoms. The van der Waals surface area contributed by atoms with Crippen molar-refractivity contribution in [3.05, 3.63) is 34.9 Å². The summed E-state index contributed by atoms with van der Waals surface area (Å²) in [5, 5.41) is 0. The molecule has 78 valence electrons. The largest absolute Gasteiger partial charge is 0.389 e. The second kappa shape index (κ2) is 4.03. The average Bonchev–Trinajstić information content (AvgIpc) is 2.06. The lowest BCUT2D eigenvalue weighted by Gasteiger charge is -2.10. The summed E-state index contributed by atoms with van der Waals surface area (Å²) in [4.78, 5) is 0. The van der Waals surface area contributed by atoms with Crippen LogP contribution in [0.1, 0.15) is 23.1 Å². The van der Waals surface area contributed by atoms with E-state index < -0.39 is 12.6 Å². The van der Waals surface area contributed by atoms with Crippen LogP contribution in [-0.4, -0.2) is 6.18 Å². The highest BCUT2D eigenvalue weighted by atomic mass is 19.4. The standard InChI is InChI=1S/C11H13F3/c1-8-4-3-5-10(9(8)2)6-7-11(12,13)14/h3-5H,6-7H2,1-2H3. The number of hydrogen-bond donors (Lipinski definition) is 0. The first-order chi connectivity index (χ1) is 6.40. The third-order valence-corrected chi connectivity index (χ3v) is 2.39. The first-order valence-electron chi connectivity index (χ1n) is 4.52. The maximum atomic E-state index is 12.0. The van der Waals surface area contributed by atoms with E-state index in [1.807, 2.05) is 19.9 Å². The smallest absolute Gasteiger partial charge is 0.171 e. The van der Waals surface area contributed by atoms with Crippen molar-refractivity contribution in [3.8, 4) is 0 Å². The van der Waals surface area contributed by atoms with Crippen LogP contribution in [0.5, 0.6) is 0 Å². The normalized spacial score (nSPS) is 11.8.